The van der Waals surface area contributed by atoms with Gasteiger partial charge in [0.15, 0.2) is 5.78 Å². The van der Waals surface area contributed by atoms with Crippen LogP contribution in [0.4, 0.5) is 0 Å². The first-order valence-electron chi connectivity index (χ1n) is 6.10. The number of rotatable bonds is 7. The number of benzene rings is 1. The number of aryl methyl sites for hydroxylation is 1. The fourth-order valence-electron chi connectivity index (χ4n) is 1.73. The average Bonchev–Trinajstić information content (AvgIpc) is 2.34. The molecule has 2 nitrogen and oxygen atoms in total. The van der Waals surface area contributed by atoms with Crippen molar-refractivity contribution in [3.05, 3.63) is 35.4 Å². The van der Waals surface area contributed by atoms with E-state index in [-0.39, 0.29) is 24.7 Å². The molecule has 96 valence electrons. The van der Waals surface area contributed by atoms with Gasteiger partial charge in [-0.2, -0.15) is 0 Å². The van der Waals surface area contributed by atoms with Crippen LogP contribution in [-0.4, -0.2) is 12.3 Å². The van der Waals surface area contributed by atoms with Crippen molar-refractivity contribution in [3.8, 4) is 0 Å². The molecule has 0 unspecified atom stereocenters. The Balaban J connectivity index is 0.00000256. The molecule has 0 aliphatic rings. The lowest BCUT2D eigenvalue weighted by molar-refractivity contribution is 0.100. The molecule has 1 rings (SSSR count). The molecule has 0 saturated carbocycles. The van der Waals surface area contributed by atoms with E-state index in [1.165, 1.54) is 31.2 Å². The molecule has 0 heterocycles. The highest BCUT2D eigenvalue weighted by molar-refractivity contribution is 5.97. The van der Waals surface area contributed by atoms with E-state index >= 15 is 0 Å². The maximum atomic E-state index is 11.3. The van der Waals surface area contributed by atoms with Crippen LogP contribution in [0.25, 0.3) is 0 Å². The first-order valence-corrected chi connectivity index (χ1v) is 6.10. The van der Waals surface area contributed by atoms with Crippen LogP contribution in [0.3, 0.4) is 0 Å². The quantitative estimate of drug-likeness (QED) is 0.600. The molecule has 0 aliphatic heterocycles. The maximum absolute atomic E-state index is 11.3. The van der Waals surface area contributed by atoms with E-state index in [0.29, 0.717) is 0 Å². The molecule has 0 amide bonds. The second-order valence-corrected chi connectivity index (χ2v) is 4.13. The Bertz CT molecular complexity index is 321. The topological polar surface area (TPSA) is 43.1 Å². The Morgan fingerprint density at radius 1 is 1.12 bits per heavy atom. The van der Waals surface area contributed by atoms with E-state index in [0.717, 1.165) is 12.0 Å². The number of Topliss-reactive ketones (excluding diaryl/α,β-unsaturated/α-hetero) is 1. The third-order valence-corrected chi connectivity index (χ3v) is 2.78. The molecule has 0 bridgehead atoms. The van der Waals surface area contributed by atoms with Gasteiger partial charge in [0.25, 0.3) is 0 Å². The van der Waals surface area contributed by atoms with Crippen LogP contribution in [0.5, 0.6) is 0 Å². The summed E-state index contributed by atoms with van der Waals surface area (Å²) < 4.78 is 0. The lowest BCUT2D eigenvalue weighted by atomic mass is 10.0. The van der Waals surface area contributed by atoms with Crippen LogP contribution in [-0.2, 0) is 6.42 Å². The molecule has 0 aromatic heterocycles. The predicted octanol–water partition coefficient (Wildman–Crippen LogP) is 3.37. The zero-order valence-electron chi connectivity index (χ0n) is 10.4. The van der Waals surface area contributed by atoms with Crippen molar-refractivity contribution in [3.63, 3.8) is 0 Å². The van der Waals surface area contributed by atoms with Crippen molar-refractivity contribution >= 4 is 18.2 Å². The number of hydrogen-bond acceptors (Lipinski definition) is 2. The molecular weight excluding hydrogens is 234 g/mol. The molecule has 0 fully saturated rings. The van der Waals surface area contributed by atoms with Gasteiger partial charge in [-0.05, 0) is 18.4 Å². The van der Waals surface area contributed by atoms with Crippen molar-refractivity contribution in [2.24, 2.45) is 5.73 Å². The summed E-state index contributed by atoms with van der Waals surface area (Å²) in [7, 11) is 0. The van der Waals surface area contributed by atoms with Crippen LogP contribution >= 0.6 is 12.4 Å². The molecule has 0 spiro atoms. The number of carbonyl (C=O) groups is 1. The van der Waals surface area contributed by atoms with Crippen LogP contribution in [0.1, 0.15) is 48.5 Å². The summed E-state index contributed by atoms with van der Waals surface area (Å²) in [5.41, 5.74) is 7.34. The monoisotopic (exact) mass is 255 g/mol. The number of hydrogen-bond donors (Lipinski definition) is 1. The minimum absolute atomic E-state index is 0. The van der Waals surface area contributed by atoms with E-state index in [1.54, 1.807) is 0 Å². The van der Waals surface area contributed by atoms with E-state index < -0.39 is 0 Å². The van der Waals surface area contributed by atoms with Crippen molar-refractivity contribution in [2.75, 3.05) is 6.54 Å². The largest absolute Gasteiger partial charge is 0.324 e. The van der Waals surface area contributed by atoms with Crippen molar-refractivity contribution in [1.82, 2.24) is 0 Å². The Labute approximate surface area is 110 Å². The van der Waals surface area contributed by atoms with Gasteiger partial charge in [-0.15, -0.1) is 12.4 Å². The van der Waals surface area contributed by atoms with E-state index in [1.807, 2.05) is 24.3 Å². The third-order valence-electron chi connectivity index (χ3n) is 2.78. The molecule has 17 heavy (non-hydrogen) atoms. The Kier molecular flexibility index (Phi) is 8.73. The molecule has 3 heteroatoms. The summed E-state index contributed by atoms with van der Waals surface area (Å²) in [6.07, 6.45) is 6.21. The zero-order valence-corrected chi connectivity index (χ0v) is 11.3. The molecule has 2 N–H and O–H groups in total. The Hall–Kier alpha value is -0.860. The molecule has 1 aromatic carbocycles. The minimum atomic E-state index is 0. The summed E-state index contributed by atoms with van der Waals surface area (Å²) in [5.74, 6) is 0.0116. The van der Waals surface area contributed by atoms with Crippen LogP contribution in [0.15, 0.2) is 24.3 Å². The fraction of sp³-hybridized carbons (Fsp3) is 0.500. The number of halogens is 1. The Morgan fingerprint density at radius 2 is 1.76 bits per heavy atom. The fourth-order valence-corrected chi connectivity index (χ4v) is 1.73. The van der Waals surface area contributed by atoms with Gasteiger partial charge in [0, 0.05) is 5.56 Å². The lowest BCUT2D eigenvalue weighted by Crippen LogP contribution is -2.13. The van der Waals surface area contributed by atoms with Gasteiger partial charge in [-0.3, -0.25) is 4.79 Å². The van der Waals surface area contributed by atoms with Gasteiger partial charge in [0.2, 0.25) is 0 Å². The van der Waals surface area contributed by atoms with Gasteiger partial charge in [0.05, 0.1) is 6.54 Å². The summed E-state index contributed by atoms with van der Waals surface area (Å²) in [4.78, 5) is 11.3. The molecule has 0 saturated heterocycles. The highest BCUT2D eigenvalue weighted by Gasteiger charge is 2.02. The summed E-state index contributed by atoms with van der Waals surface area (Å²) in [5, 5.41) is 0. The van der Waals surface area contributed by atoms with E-state index in [2.05, 4.69) is 6.92 Å². The molecule has 1 aromatic rings. The highest BCUT2D eigenvalue weighted by atomic mass is 35.5. The van der Waals surface area contributed by atoms with Crippen LogP contribution in [0, 0.1) is 0 Å². The first kappa shape index (κ1) is 16.1. The number of unbranched alkanes of at least 4 members (excludes halogenated alkanes) is 3. The highest BCUT2D eigenvalue weighted by Crippen LogP contribution is 2.09. The summed E-state index contributed by atoms with van der Waals surface area (Å²) in [6, 6.07) is 7.83. The lowest BCUT2D eigenvalue weighted by Gasteiger charge is -2.02. The van der Waals surface area contributed by atoms with Crippen molar-refractivity contribution < 1.29 is 4.79 Å². The summed E-state index contributed by atoms with van der Waals surface area (Å²) in [6.45, 7) is 2.31. The Morgan fingerprint density at radius 3 is 2.29 bits per heavy atom. The van der Waals surface area contributed by atoms with Gasteiger partial charge in [-0.25, -0.2) is 0 Å². The molecule has 0 atom stereocenters. The number of ketones is 1. The number of carbonyl (C=O) groups excluding carboxylic acids is 1. The van der Waals surface area contributed by atoms with Gasteiger partial charge < -0.3 is 5.73 Å². The second-order valence-electron chi connectivity index (χ2n) is 4.13. The first-order chi connectivity index (χ1) is 7.77. The zero-order chi connectivity index (χ0) is 11.8. The second kappa shape index (κ2) is 9.20. The summed E-state index contributed by atoms with van der Waals surface area (Å²) >= 11 is 0. The van der Waals surface area contributed by atoms with Crippen LogP contribution in [0.2, 0.25) is 0 Å². The van der Waals surface area contributed by atoms with Crippen molar-refractivity contribution in [1.29, 1.82) is 0 Å². The van der Waals surface area contributed by atoms with Gasteiger partial charge in [0.1, 0.15) is 0 Å². The van der Waals surface area contributed by atoms with Crippen molar-refractivity contribution in [2.45, 2.75) is 39.0 Å². The normalized spacial score (nSPS) is 9.76. The SMILES string of the molecule is CCCCCCc1ccc(C(=O)CN)cc1.Cl. The molecule has 0 radical (unpaired) electrons. The van der Waals surface area contributed by atoms with E-state index in [4.69, 9.17) is 5.73 Å². The third kappa shape index (κ3) is 5.85. The average molecular weight is 256 g/mol. The molecule has 0 aliphatic carbocycles. The van der Waals surface area contributed by atoms with Crippen LogP contribution < -0.4 is 5.73 Å². The minimum Gasteiger partial charge on any atom is -0.324 e. The predicted molar refractivity (Wildman–Crippen MR) is 74.9 cm³/mol. The molecular formula is C14H22ClNO. The van der Waals surface area contributed by atoms with E-state index in [9.17, 15) is 4.79 Å². The van der Waals surface area contributed by atoms with Gasteiger partial charge in [-0.1, -0.05) is 50.5 Å². The standard InChI is InChI=1S/C14H21NO.ClH/c1-2-3-4-5-6-12-7-9-13(10-8-12)14(16)11-15;/h7-10H,2-6,11,15H2,1H3;1H. The number of nitrogens with two attached hydrogens (primary N) is 1. The smallest absolute Gasteiger partial charge is 0.176 e. The van der Waals surface area contributed by atoms with Gasteiger partial charge >= 0.3 is 0 Å². The maximum Gasteiger partial charge on any atom is 0.176 e.